The Bertz CT molecular complexity index is 601. The highest BCUT2D eigenvalue weighted by Crippen LogP contribution is 2.25. The highest BCUT2D eigenvalue weighted by molar-refractivity contribution is 9.10. The molecule has 112 valence electrons. The Balaban J connectivity index is 2.07. The molecular weight excluding hydrogens is 333 g/mol. The van der Waals surface area contributed by atoms with Gasteiger partial charge in [0.1, 0.15) is 11.6 Å². The Morgan fingerprint density at radius 3 is 2.71 bits per heavy atom. The molecule has 0 aliphatic carbocycles. The third kappa shape index (κ3) is 4.74. The van der Waals surface area contributed by atoms with E-state index in [-0.39, 0.29) is 5.82 Å². The molecule has 2 nitrogen and oxygen atoms in total. The summed E-state index contributed by atoms with van der Waals surface area (Å²) in [6, 6.07) is 12.6. The first-order valence-electron chi connectivity index (χ1n) is 6.96. The summed E-state index contributed by atoms with van der Waals surface area (Å²) in [5.74, 6) is 1.04. The monoisotopic (exact) mass is 351 g/mol. The van der Waals surface area contributed by atoms with Gasteiger partial charge in [-0.1, -0.05) is 41.9 Å². The number of ether oxygens (including phenoxy) is 1. The first-order valence-corrected chi connectivity index (χ1v) is 7.75. The molecule has 2 rings (SSSR count). The fourth-order valence-electron chi connectivity index (χ4n) is 1.86. The maximum Gasteiger partial charge on any atom is 0.142 e. The molecule has 0 unspecified atom stereocenters. The zero-order valence-corrected chi connectivity index (χ0v) is 13.8. The molecular formula is C17H19BrFNO. The molecule has 0 aliphatic rings. The number of rotatable bonds is 6. The Morgan fingerprint density at radius 1 is 1.19 bits per heavy atom. The van der Waals surface area contributed by atoms with E-state index < -0.39 is 0 Å². The Kier molecular flexibility index (Phi) is 5.62. The number of halogens is 2. The normalized spacial score (nSPS) is 10.7. The van der Waals surface area contributed by atoms with Crippen LogP contribution in [0.25, 0.3) is 0 Å². The first-order chi connectivity index (χ1) is 10.1. The van der Waals surface area contributed by atoms with Crippen LogP contribution in [0, 0.1) is 11.7 Å². The van der Waals surface area contributed by atoms with Gasteiger partial charge in [0.25, 0.3) is 0 Å². The van der Waals surface area contributed by atoms with Crippen LogP contribution in [0.4, 0.5) is 10.1 Å². The molecule has 21 heavy (non-hydrogen) atoms. The molecule has 0 radical (unpaired) electrons. The van der Waals surface area contributed by atoms with Crippen molar-refractivity contribution in [1.82, 2.24) is 0 Å². The van der Waals surface area contributed by atoms with Crippen molar-refractivity contribution in [3.8, 4) is 5.75 Å². The molecule has 0 amide bonds. The summed E-state index contributed by atoms with van der Waals surface area (Å²) in [5, 5.41) is 3.24. The second-order valence-corrected chi connectivity index (χ2v) is 6.21. The van der Waals surface area contributed by atoms with Gasteiger partial charge >= 0.3 is 0 Å². The molecule has 0 bridgehead atoms. The SMILES string of the molecule is CC(C)COc1ccccc1NCc1cc(Br)ccc1F. The maximum absolute atomic E-state index is 13.7. The van der Waals surface area contributed by atoms with E-state index >= 15 is 0 Å². The maximum atomic E-state index is 13.7. The molecule has 0 aromatic heterocycles. The van der Waals surface area contributed by atoms with Crippen LogP contribution < -0.4 is 10.1 Å². The lowest BCUT2D eigenvalue weighted by atomic mass is 10.2. The molecule has 0 fully saturated rings. The Hall–Kier alpha value is -1.55. The highest BCUT2D eigenvalue weighted by Gasteiger charge is 2.06. The molecule has 0 spiro atoms. The highest BCUT2D eigenvalue weighted by atomic mass is 79.9. The van der Waals surface area contributed by atoms with Gasteiger partial charge in [0.05, 0.1) is 12.3 Å². The summed E-state index contributed by atoms with van der Waals surface area (Å²) in [6.45, 7) is 5.27. The Morgan fingerprint density at radius 2 is 1.95 bits per heavy atom. The predicted octanol–water partition coefficient (Wildman–Crippen LogP) is 5.24. The molecule has 1 N–H and O–H groups in total. The fraction of sp³-hybridized carbons (Fsp3) is 0.294. The van der Waals surface area contributed by atoms with Gasteiger partial charge in [-0.3, -0.25) is 0 Å². The zero-order valence-electron chi connectivity index (χ0n) is 12.2. The lowest BCUT2D eigenvalue weighted by molar-refractivity contribution is 0.272. The lowest BCUT2D eigenvalue weighted by Crippen LogP contribution is -2.08. The molecule has 2 aromatic rings. The summed E-state index contributed by atoms with van der Waals surface area (Å²) < 4.78 is 20.4. The molecule has 0 heterocycles. The average molecular weight is 352 g/mol. The lowest BCUT2D eigenvalue weighted by Gasteiger charge is -2.15. The van der Waals surface area contributed by atoms with Crippen LogP contribution in [0.1, 0.15) is 19.4 Å². The van der Waals surface area contributed by atoms with Gasteiger partial charge in [-0.15, -0.1) is 0 Å². The largest absolute Gasteiger partial charge is 0.491 e. The number of hydrogen-bond acceptors (Lipinski definition) is 2. The van der Waals surface area contributed by atoms with Crippen molar-refractivity contribution < 1.29 is 9.13 Å². The molecule has 2 aromatic carbocycles. The summed E-state index contributed by atoms with van der Waals surface area (Å²) in [6.07, 6.45) is 0. The summed E-state index contributed by atoms with van der Waals surface area (Å²) in [4.78, 5) is 0. The van der Waals surface area contributed by atoms with Gasteiger partial charge in [0, 0.05) is 16.6 Å². The number of hydrogen-bond donors (Lipinski definition) is 1. The zero-order chi connectivity index (χ0) is 15.2. The van der Waals surface area contributed by atoms with Gasteiger partial charge in [-0.05, 0) is 36.2 Å². The van der Waals surface area contributed by atoms with E-state index in [2.05, 4.69) is 35.1 Å². The average Bonchev–Trinajstić information content (AvgIpc) is 2.47. The third-order valence-corrected chi connectivity index (χ3v) is 3.43. The van der Waals surface area contributed by atoms with Crippen molar-refractivity contribution in [1.29, 1.82) is 0 Å². The van der Waals surface area contributed by atoms with Crippen LogP contribution in [-0.2, 0) is 6.54 Å². The first kappa shape index (κ1) is 15.8. The van der Waals surface area contributed by atoms with E-state index in [1.54, 1.807) is 12.1 Å². The topological polar surface area (TPSA) is 21.3 Å². The predicted molar refractivity (Wildman–Crippen MR) is 88.2 cm³/mol. The van der Waals surface area contributed by atoms with Gasteiger partial charge < -0.3 is 10.1 Å². The molecule has 0 saturated heterocycles. The van der Waals surface area contributed by atoms with Crippen LogP contribution in [-0.4, -0.2) is 6.61 Å². The summed E-state index contributed by atoms with van der Waals surface area (Å²) in [7, 11) is 0. The minimum atomic E-state index is -0.216. The van der Waals surface area contributed by atoms with Gasteiger partial charge in [-0.2, -0.15) is 0 Å². The van der Waals surface area contributed by atoms with Gasteiger partial charge in [0.15, 0.2) is 0 Å². The van der Waals surface area contributed by atoms with Crippen molar-refractivity contribution in [2.75, 3.05) is 11.9 Å². The van der Waals surface area contributed by atoms with E-state index in [1.165, 1.54) is 6.07 Å². The van der Waals surface area contributed by atoms with Crippen LogP contribution in [0.3, 0.4) is 0 Å². The smallest absolute Gasteiger partial charge is 0.142 e. The summed E-state index contributed by atoms with van der Waals surface area (Å²) >= 11 is 3.36. The van der Waals surface area contributed by atoms with Crippen LogP contribution in [0.5, 0.6) is 5.75 Å². The number of benzene rings is 2. The van der Waals surface area contributed by atoms with Crippen LogP contribution in [0.2, 0.25) is 0 Å². The van der Waals surface area contributed by atoms with E-state index in [0.717, 1.165) is 15.9 Å². The summed E-state index contributed by atoms with van der Waals surface area (Å²) in [5.41, 5.74) is 1.49. The number of para-hydroxylation sites is 2. The van der Waals surface area contributed by atoms with Crippen LogP contribution >= 0.6 is 15.9 Å². The minimum Gasteiger partial charge on any atom is -0.491 e. The fourth-order valence-corrected chi connectivity index (χ4v) is 2.27. The third-order valence-electron chi connectivity index (χ3n) is 2.94. The molecule has 4 heteroatoms. The molecule has 0 saturated carbocycles. The number of nitrogens with one attached hydrogen (secondary N) is 1. The second-order valence-electron chi connectivity index (χ2n) is 5.29. The minimum absolute atomic E-state index is 0.216. The van der Waals surface area contributed by atoms with Gasteiger partial charge in [-0.25, -0.2) is 4.39 Å². The standard InChI is InChI=1S/C17H19BrFNO/c1-12(2)11-21-17-6-4-3-5-16(17)20-10-13-9-14(18)7-8-15(13)19/h3-9,12,20H,10-11H2,1-2H3. The van der Waals surface area contributed by atoms with E-state index in [4.69, 9.17) is 4.74 Å². The number of anilines is 1. The van der Waals surface area contributed by atoms with Crippen molar-refractivity contribution >= 4 is 21.6 Å². The second kappa shape index (κ2) is 7.46. The quantitative estimate of drug-likeness (QED) is 0.768. The van der Waals surface area contributed by atoms with E-state index in [0.29, 0.717) is 24.6 Å². The Labute approximate surface area is 133 Å². The van der Waals surface area contributed by atoms with Crippen molar-refractivity contribution in [2.45, 2.75) is 20.4 Å². The van der Waals surface area contributed by atoms with Crippen LogP contribution in [0.15, 0.2) is 46.9 Å². The van der Waals surface area contributed by atoms with Crippen molar-refractivity contribution in [3.05, 3.63) is 58.3 Å². The van der Waals surface area contributed by atoms with Crippen molar-refractivity contribution in [3.63, 3.8) is 0 Å². The molecule has 0 atom stereocenters. The van der Waals surface area contributed by atoms with E-state index in [1.807, 2.05) is 24.3 Å². The van der Waals surface area contributed by atoms with Crippen molar-refractivity contribution in [2.24, 2.45) is 5.92 Å². The molecule has 0 aliphatic heterocycles. The van der Waals surface area contributed by atoms with E-state index in [9.17, 15) is 4.39 Å². The van der Waals surface area contributed by atoms with Gasteiger partial charge in [0.2, 0.25) is 0 Å².